The second kappa shape index (κ2) is 7.19. The zero-order chi connectivity index (χ0) is 16.9. The first-order valence-electron chi connectivity index (χ1n) is 7.39. The van der Waals surface area contributed by atoms with E-state index in [0.717, 1.165) is 11.1 Å². The maximum atomic E-state index is 11.9. The molecule has 3 rings (SSSR count). The molecular formula is C18H16ClN3O2. The van der Waals surface area contributed by atoms with Gasteiger partial charge >= 0.3 is 0 Å². The number of nitrogens with zero attached hydrogens (tertiary/aromatic N) is 2. The quantitative estimate of drug-likeness (QED) is 0.768. The van der Waals surface area contributed by atoms with Gasteiger partial charge in [0.2, 0.25) is 0 Å². The molecule has 0 saturated carbocycles. The topological polar surface area (TPSA) is 56.2 Å². The lowest BCUT2D eigenvalue weighted by Crippen LogP contribution is -2.20. The number of hydrogen-bond acceptors (Lipinski definition) is 3. The van der Waals surface area contributed by atoms with E-state index in [2.05, 4.69) is 10.4 Å². The van der Waals surface area contributed by atoms with Crippen LogP contribution >= 0.6 is 11.6 Å². The van der Waals surface area contributed by atoms with Crippen LogP contribution in [0.1, 0.15) is 0 Å². The van der Waals surface area contributed by atoms with Crippen LogP contribution < -0.4 is 10.1 Å². The van der Waals surface area contributed by atoms with Crippen LogP contribution in [0.3, 0.4) is 0 Å². The number of nitrogens with one attached hydrogen (secondary N) is 1. The number of rotatable bonds is 5. The fraction of sp³-hybridized carbons (Fsp3) is 0.111. The summed E-state index contributed by atoms with van der Waals surface area (Å²) in [6.07, 6.45) is 1.75. The summed E-state index contributed by atoms with van der Waals surface area (Å²) in [5.74, 6) is 0.654. The summed E-state index contributed by atoms with van der Waals surface area (Å²) in [6.45, 7) is -0.138. The van der Waals surface area contributed by atoms with Gasteiger partial charge < -0.3 is 10.1 Å². The highest BCUT2D eigenvalue weighted by atomic mass is 35.5. The van der Waals surface area contributed by atoms with Crippen molar-refractivity contribution in [1.29, 1.82) is 0 Å². The van der Waals surface area contributed by atoms with E-state index >= 15 is 0 Å². The number of benzene rings is 2. The van der Waals surface area contributed by atoms with Crippen molar-refractivity contribution in [2.24, 2.45) is 7.05 Å². The number of carbonyl (C=O) groups excluding carboxylic acids is 1. The molecule has 3 aromatic rings. The molecule has 1 aromatic heterocycles. The summed E-state index contributed by atoms with van der Waals surface area (Å²) in [7, 11) is 1.78. The minimum absolute atomic E-state index is 0.138. The minimum Gasteiger partial charge on any atom is -0.482 e. The Morgan fingerprint density at radius 3 is 2.62 bits per heavy atom. The molecule has 0 aliphatic rings. The Balaban J connectivity index is 1.62. The molecule has 0 aliphatic heterocycles. The zero-order valence-electron chi connectivity index (χ0n) is 13.1. The molecule has 0 radical (unpaired) electrons. The van der Waals surface area contributed by atoms with Gasteiger partial charge in [-0.25, -0.2) is 0 Å². The lowest BCUT2D eigenvalue weighted by Gasteiger charge is -2.09. The summed E-state index contributed by atoms with van der Waals surface area (Å²) in [6, 6.07) is 17.1. The molecule has 5 nitrogen and oxygen atoms in total. The summed E-state index contributed by atoms with van der Waals surface area (Å²) in [4.78, 5) is 11.9. The highest BCUT2D eigenvalue weighted by Crippen LogP contribution is 2.30. The molecule has 122 valence electrons. The van der Waals surface area contributed by atoms with Gasteiger partial charge in [-0.2, -0.15) is 5.10 Å². The third-order valence-corrected chi connectivity index (χ3v) is 3.67. The Morgan fingerprint density at radius 2 is 1.96 bits per heavy atom. The Bertz CT molecular complexity index is 846. The standard InChI is InChI=1S/C18H16ClN3O2/c1-22-10-9-17(21-22)20-18(23)12-24-16-8-7-14(11-15(16)19)13-5-3-2-4-6-13/h2-11H,12H2,1H3,(H,20,21,23). The second-order valence-electron chi connectivity index (χ2n) is 5.22. The number of ether oxygens (including phenoxy) is 1. The molecule has 0 saturated heterocycles. The fourth-order valence-electron chi connectivity index (χ4n) is 2.23. The van der Waals surface area contributed by atoms with Crippen LogP contribution in [0.2, 0.25) is 5.02 Å². The van der Waals surface area contributed by atoms with Crippen molar-refractivity contribution < 1.29 is 9.53 Å². The lowest BCUT2D eigenvalue weighted by molar-refractivity contribution is -0.118. The Labute approximate surface area is 144 Å². The van der Waals surface area contributed by atoms with Crippen molar-refractivity contribution in [3.8, 4) is 16.9 Å². The van der Waals surface area contributed by atoms with Gasteiger partial charge in [-0.1, -0.05) is 48.0 Å². The van der Waals surface area contributed by atoms with Crippen LogP contribution in [0, 0.1) is 0 Å². The molecule has 0 atom stereocenters. The summed E-state index contributed by atoms with van der Waals surface area (Å²) in [5.41, 5.74) is 2.06. The maximum Gasteiger partial charge on any atom is 0.263 e. The van der Waals surface area contributed by atoms with Crippen LogP contribution in [0.5, 0.6) is 5.75 Å². The SMILES string of the molecule is Cn1ccc(NC(=O)COc2ccc(-c3ccccc3)cc2Cl)n1. The fourth-order valence-corrected chi connectivity index (χ4v) is 2.47. The first-order chi connectivity index (χ1) is 11.6. The van der Waals surface area contributed by atoms with E-state index in [9.17, 15) is 4.79 Å². The number of amides is 1. The van der Waals surface area contributed by atoms with E-state index in [-0.39, 0.29) is 12.5 Å². The zero-order valence-corrected chi connectivity index (χ0v) is 13.8. The molecule has 6 heteroatoms. The Kier molecular flexibility index (Phi) is 4.82. The van der Waals surface area contributed by atoms with E-state index in [1.807, 2.05) is 42.5 Å². The smallest absolute Gasteiger partial charge is 0.263 e. The van der Waals surface area contributed by atoms with Crippen LogP contribution in [-0.2, 0) is 11.8 Å². The molecule has 0 fully saturated rings. The van der Waals surface area contributed by atoms with Gasteiger partial charge in [-0.3, -0.25) is 9.48 Å². The van der Waals surface area contributed by atoms with E-state index < -0.39 is 0 Å². The van der Waals surface area contributed by atoms with E-state index in [1.54, 1.807) is 30.1 Å². The molecule has 2 aromatic carbocycles. The number of aromatic nitrogens is 2. The summed E-state index contributed by atoms with van der Waals surface area (Å²) >= 11 is 6.25. The molecule has 0 unspecified atom stereocenters. The van der Waals surface area contributed by atoms with E-state index in [0.29, 0.717) is 16.6 Å². The van der Waals surface area contributed by atoms with Crippen LogP contribution in [0.4, 0.5) is 5.82 Å². The summed E-state index contributed by atoms with van der Waals surface area (Å²) in [5, 5.41) is 7.18. The van der Waals surface area contributed by atoms with Crippen molar-refractivity contribution in [2.45, 2.75) is 0 Å². The molecule has 24 heavy (non-hydrogen) atoms. The van der Waals surface area contributed by atoms with Crippen molar-refractivity contribution in [3.63, 3.8) is 0 Å². The van der Waals surface area contributed by atoms with Gasteiger partial charge in [0.05, 0.1) is 5.02 Å². The average Bonchev–Trinajstić information content (AvgIpc) is 2.99. The van der Waals surface area contributed by atoms with Gasteiger partial charge in [0.15, 0.2) is 12.4 Å². The molecular weight excluding hydrogens is 326 g/mol. The van der Waals surface area contributed by atoms with E-state index in [4.69, 9.17) is 16.3 Å². The highest BCUT2D eigenvalue weighted by molar-refractivity contribution is 6.32. The predicted molar refractivity (Wildman–Crippen MR) is 94.2 cm³/mol. The molecule has 0 bridgehead atoms. The van der Waals surface area contributed by atoms with Gasteiger partial charge in [-0.15, -0.1) is 0 Å². The normalized spacial score (nSPS) is 10.4. The van der Waals surface area contributed by atoms with Gasteiger partial charge in [0.1, 0.15) is 5.75 Å². The number of hydrogen-bond donors (Lipinski definition) is 1. The molecule has 1 N–H and O–H groups in total. The number of halogens is 1. The second-order valence-corrected chi connectivity index (χ2v) is 5.63. The molecule has 1 heterocycles. The van der Waals surface area contributed by atoms with Gasteiger partial charge in [-0.05, 0) is 23.3 Å². The summed E-state index contributed by atoms with van der Waals surface area (Å²) < 4.78 is 7.10. The largest absolute Gasteiger partial charge is 0.482 e. The van der Waals surface area contributed by atoms with Crippen molar-refractivity contribution in [1.82, 2.24) is 9.78 Å². The van der Waals surface area contributed by atoms with Crippen LogP contribution in [0.15, 0.2) is 60.8 Å². The third-order valence-electron chi connectivity index (χ3n) is 3.38. The van der Waals surface area contributed by atoms with Crippen molar-refractivity contribution in [3.05, 3.63) is 65.8 Å². The van der Waals surface area contributed by atoms with Crippen LogP contribution in [-0.4, -0.2) is 22.3 Å². The Morgan fingerprint density at radius 1 is 1.17 bits per heavy atom. The van der Waals surface area contributed by atoms with Crippen LogP contribution in [0.25, 0.3) is 11.1 Å². The lowest BCUT2D eigenvalue weighted by atomic mass is 10.1. The minimum atomic E-state index is -0.295. The Hall–Kier alpha value is -2.79. The molecule has 1 amide bonds. The van der Waals surface area contributed by atoms with Crippen molar-refractivity contribution in [2.75, 3.05) is 11.9 Å². The van der Waals surface area contributed by atoms with Gasteiger partial charge in [0.25, 0.3) is 5.91 Å². The van der Waals surface area contributed by atoms with E-state index in [1.165, 1.54) is 0 Å². The first-order valence-corrected chi connectivity index (χ1v) is 7.77. The molecule has 0 aliphatic carbocycles. The average molecular weight is 342 g/mol. The number of anilines is 1. The highest BCUT2D eigenvalue weighted by Gasteiger charge is 2.09. The number of carbonyl (C=O) groups is 1. The predicted octanol–water partition coefficient (Wildman–Crippen LogP) is 3.76. The third kappa shape index (κ3) is 3.94. The molecule has 0 spiro atoms. The monoisotopic (exact) mass is 341 g/mol. The maximum absolute atomic E-state index is 11.9. The van der Waals surface area contributed by atoms with Gasteiger partial charge in [0, 0.05) is 19.3 Å². The first kappa shape index (κ1) is 16.1. The van der Waals surface area contributed by atoms with Crippen molar-refractivity contribution >= 4 is 23.3 Å². The number of aryl methyl sites for hydroxylation is 1.